The van der Waals surface area contributed by atoms with Gasteiger partial charge in [-0.05, 0) is 80.9 Å². The minimum atomic E-state index is -4.28. The molecule has 4 rings (SSSR count). The van der Waals surface area contributed by atoms with Crippen molar-refractivity contribution in [2.24, 2.45) is 0 Å². The highest BCUT2D eigenvalue weighted by molar-refractivity contribution is 8.00. The number of likely N-dealkylation sites (tertiary alicyclic amines) is 1. The van der Waals surface area contributed by atoms with E-state index in [9.17, 15) is 18.0 Å². The molecule has 2 heterocycles. The lowest BCUT2D eigenvalue weighted by molar-refractivity contribution is -0.132. The van der Waals surface area contributed by atoms with Crippen molar-refractivity contribution in [3.05, 3.63) is 54.1 Å². The van der Waals surface area contributed by atoms with E-state index in [0.717, 1.165) is 64.2 Å². The monoisotopic (exact) mass is 520 g/mol. The number of amides is 1. The molecule has 0 radical (unpaired) electrons. The number of hydrogen-bond donors (Lipinski definition) is 1. The number of nitrogens with zero attached hydrogens (tertiary/aromatic N) is 3. The number of carbonyl (C=O) groups excluding carboxylic acids is 1. The summed E-state index contributed by atoms with van der Waals surface area (Å²) in [4.78, 5) is 19.9. The molecule has 1 atom stereocenters. The second-order valence-electron chi connectivity index (χ2n) is 9.66. The molecule has 0 saturated carbocycles. The van der Waals surface area contributed by atoms with Crippen molar-refractivity contribution in [3.8, 4) is 0 Å². The lowest BCUT2D eigenvalue weighted by atomic mass is 10.0. The minimum Gasteiger partial charge on any atom is -0.381 e. The van der Waals surface area contributed by atoms with Gasteiger partial charge in [-0.2, -0.15) is 13.2 Å². The first-order chi connectivity index (χ1) is 17.2. The van der Waals surface area contributed by atoms with Crippen LogP contribution >= 0.6 is 11.8 Å². The highest BCUT2D eigenvalue weighted by Crippen LogP contribution is 2.37. The van der Waals surface area contributed by atoms with Gasteiger partial charge in [-0.1, -0.05) is 17.7 Å². The predicted octanol–water partition coefficient (Wildman–Crippen LogP) is 5.61. The van der Waals surface area contributed by atoms with Crippen molar-refractivity contribution < 1.29 is 18.0 Å². The Kier molecular flexibility index (Phi) is 9.06. The second-order valence-corrected chi connectivity index (χ2v) is 10.8. The third-order valence-corrected chi connectivity index (χ3v) is 7.60. The molecule has 0 aromatic heterocycles. The SMILES string of the molecule is Cc1ccc(N2CCCN(CCC(=O)N3CCC[C@H](Nc4ccc(SC(F)(F)F)cc4)C3)CC2)cc1. The maximum absolute atomic E-state index is 13.0. The normalized spacial score (nSPS) is 19.7. The Bertz CT molecular complexity index is 984. The smallest absolute Gasteiger partial charge is 0.381 e. The zero-order chi connectivity index (χ0) is 25.5. The van der Waals surface area contributed by atoms with Crippen LogP contribution < -0.4 is 10.2 Å². The van der Waals surface area contributed by atoms with Crippen LogP contribution in [-0.4, -0.2) is 73.1 Å². The molecule has 9 heteroatoms. The van der Waals surface area contributed by atoms with Crippen molar-refractivity contribution in [3.63, 3.8) is 0 Å². The molecule has 0 bridgehead atoms. The van der Waals surface area contributed by atoms with Crippen LogP contribution in [0.2, 0.25) is 0 Å². The first-order valence-electron chi connectivity index (χ1n) is 12.7. The summed E-state index contributed by atoms with van der Waals surface area (Å²) in [6.45, 7) is 8.21. The van der Waals surface area contributed by atoms with Gasteiger partial charge in [-0.3, -0.25) is 4.79 Å². The lowest BCUT2D eigenvalue weighted by Crippen LogP contribution is -2.46. The highest BCUT2D eigenvalue weighted by Gasteiger charge is 2.29. The molecule has 0 unspecified atom stereocenters. The third kappa shape index (κ3) is 8.06. The molecule has 0 spiro atoms. The van der Waals surface area contributed by atoms with Crippen molar-refractivity contribution >= 4 is 29.0 Å². The van der Waals surface area contributed by atoms with Gasteiger partial charge in [0.25, 0.3) is 0 Å². The summed E-state index contributed by atoms with van der Waals surface area (Å²) < 4.78 is 37.6. The van der Waals surface area contributed by atoms with Crippen LogP contribution in [0.5, 0.6) is 0 Å². The van der Waals surface area contributed by atoms with Crippen molar-refractivity contribution in [2.45, 2.75) is 49.1 Å². The van der Waals surface area contributed by atoms with Crippen LogP contribution in [0.25, 0.3) is 0 Å². The van der Waals surface area contributed by atoms with Crippen molar-refractivity contribution in [2.75, 3.05) is 56.0 Å². The Hall–Kier alpha value is -2.39. The molecule has 2 aliphatic rings. The van der Waals surface area contributed by atoms with Gasteiger partial charge in [0.1, 0.15) is 0 Å². The quantitative estimate of drug-likeness (QED) is 0.481. The first-order valence-corrected chi connectivity index (χ1v) is 13.5. The van der Waals surface area contributed by atoms with Crippen LogP contribution in [0, 0.1) is 6.92 Å². The number of nitrogens with one attached hydrogen (secondary N) is 1. The molecule has 196 valence electrons. The summed E-state index contributed by atoms with van der Waals surface area (Å²) in [6, 6.07) is 15.1. The molecule has 2 saturated heterocycles. The lowest BCUT2D eigenvalue weighted by Gasteiger charge is -2.34. The Morgan fingerprint density at radius 1 is 0.972 bits per heavy atom. The number of aryl methyl sites for hydroxylation is 1. The predicted molar refractivity (Wildman–Crippen MR) is 141 cm³/mol. The molecule has 2 fully saturated rings. The van der Waals surface area contributed by atoms with Crippen LogP contribution in [0.4, 0.5) is 24.5 Å². The van der Waals surface area contributed by atoms with Gasteiger partial charge in [0.05, 0.1) is 0 Å². The zero-order valence-corrected chi connectivity index (χ0v) is 21.6. The average Bonchev–Trinajstić information content (AvgIpc) is 3.09. The zero-order valence-electron chi connectivity index (χ0n) is 20.8. The van der Waals surface area contributed by atoms with Gasteiger partial charge in [0.15, 0.2) is 0 Å². The highest BCUT2D eigenvalue weighted by atomic mass is 32.2. The van der Waals surface area contributed by atoms with E-state index in [4.69, 9.17) is 0 Å². The van der Waals surface area contributed by atoms with E-state index in [1.807, 2.05) is 4.90 Å². The summed E-state index contributed by atoms with van der Waals surface area (Å²) in [5.41, 5.74) is -0.975. The molecule has 1 amide bonds. The number of anilines is 2. The fourth-order valence-electron chi connectivity index (χ4n) is 4.93. The average molecular weight is 521 g/mol. The number of hydrogen-bond acceptors (Lipinski definition) is 5. The number of piperidine rings is 1. The standard InChI is InChI=1S/C27H35F3N4OS/c1-21-5-9-24(10-6-21)33-16-3-14-32(18-19-33)17-13-26(35)34-15-2-4-23(20-34)31-22-7-11-25(12-8-22)36-27(28,29)30/h5-12,23,31H,2-4,13-20H2,1H3/t23-/m0/s1. The van der Waals surface area contributed by atoms with Gasteiger partial charge in [0.2, 0.25) is 5.91 Å². The van der Waals surface area contributed by atoms with Gasteiger partial charge >= 0.3 is 5.51 Å². The number of carbonyl (C=O) groups is 1. The summed E-state index contributed by atoms with van der Waals surface area (Å²) in [6.07, 6.45) is 3.45. The minimum absolute atomic E-state index is 0.102. The summed E-state index contributed by atoms with van der Waals surface area (Å²) >= 11 is -0.110. The number of rotatable bonds is 7. The van der Waals surface area contributed by atoms with Gasteiger partial charge in [0, 0.05) is 68.0 Å². The topological polar surface area (TPSA) is 38.8 Å². The summed E-state index contributed by atoms with van der Waals surface area (Å²) in [7, 11) is 0. The van der Waals surface area contributed by atoms with Crippen molar-refractivity contribution in [1.29, 1.82) is 0 Å². The molecular formula is C27H35F3N4OS. The molecular weight excluding hydrogens is 485 g/mol. The number of benzene rings is 2. The maximum atomic E-state index is 13.0. The molecule has 2 aliphatic heterocycles. The summed E-state index contributed by atoms with van der Waals surface area (Å²) in [5, 5.41) is 3.39. The van der Waals surface area contributed by atoms with Gasteiger partial charge in [-0.25, -0.2) is 0 Å². The second kappa shape index (κ2) is 12.2. The van der Waals surface area contributed by atoms with E-state index in [1.54, 1.807) is 12.1 Å². The molecule has 2 aromatic rings. The van der Waals surface area contributed by atoms with E-state index in [0.29, 0.717) is 13.0 Å². The van der Waals surface area contributed by atoms with E-state index in [-0.39, 0.29) is 28.6 Å². The van der Waals surface area contributed by atoms with E-state index in [1.165, 1.54) is 23.4 Å². The van der Waals surface area contributed by atoms with Crippen LogP contribution in [0.1, 0.15) is 31.2 Å². The molecule has 2 aromatic carbocycles. The Labute approximate surface area is 216 Å². The molecule has 0 aliphatic carbocycles. The van der Waals surface area contributed by atoms with E-state index < -0.39 is 5.51 Å². The molecule has 1 N–H and O–H groups in total. The first kappa shape index (κ1) is 26.7. The third-order valence-electron chi connectivity index (χ3n) is 6.86. The molecule has 36 heavy (non-hydrogen) atoms. The van der Waals surface area contributed by atoms with E-state index >= 15 is 0 Å². The maximum Gasteiger partial charge on any atom is 0.446 e. The van der Waals surface area contributed by atoms with E-state index in [2.05, 4.69) is 46.3 Å². The number of thioether (sulfide) groups is 1. The van der Waals surface area contributed by atoms with Crippen LogP contribution in [0.15, 0.2) is 53.4 Å². The van der Waals surface area contributed by atoms with Crippen molar-refractivity contribution in [1.82, 2.24) is 9.80 Å². The fourth-order valence-corrected chi connectivity index (χ4v) is 5.47. The van der Waals surface area contributed by atoms with Gasteiger partial charge < -0.3 is 20.0 Å². The van der Waals surface area contributed by atoms with Gasteiger partial charge in [-0.15, -0.1) is 0 Å². The summed E-state index contributed by atoms with van der Waals surface area (Å²) in [5.74, 6) is 0.179. The fraction of sp³-hybridized carbons (Fsp3) is 0.519. The number of alkyl halides is 3. The molecule has 5 nitrogen and oxygen atoms in total. The van der Waals surface area contributed by atoms with Crippen LogP contribution in [-0.2, 0) is 4.79 Å². The Morgan fingerprint density at radius 2 is 1.72 bits per heavy atom. The Balaban J connectivity index is 1.21. The number of halogens is 3. The van der Waals surface area contributed by atoms with Crippen LogP contribution in [0.3, 0.4) is 0 Å². The Morgan fingerprint density at radius 3 is 2.44 bits per heavy atom. The largest absolute Gasteiger partial charge is 0.446 e.